The van der Waals surface area contributed by atoms with Crippen molar-refractivity contribution in [3.63, 3.8) is 0 Å². The molecule has 0 aromatic carbocycles. The molecule has 0 aliphatic rings. The van der Waals surface area contributed by atoms with E-state index in [1.54, 1.807) is 13.8 Å². The molecule has 0 fully saturated rings. The topological polar surface area (TPSA) is 87.3 Å². The lowest BCUT2D eigenvalue weighted by molar-refractivity contribution is -0.121. The summed E-state index contributed by atoms with van der Waals surface area (Å²) in [5, 5.41) is 5.78. The van der Waals surface area contributed by atoms with Crippen LogP contribution < -0.4 is 10.6 Å². The average Bonchev–Trinajstić information content (AvgIpc) is 2.70. The Morgan fingerprint density at radius 1 is 0.828 bits per heavy atom. The standard InChI is InChI=1S/C20H41FN2O6/c1-5-20(24)23-16-19(21)18(4)29-15-14-28-13-12-27-11-10-26-9-8-25-7-6-22-17(2)3/h17-19,22H,5-16H2,1-4H3,(H,23,24). The third kappa shape index (κ3) is 20.2. The third-order valence-electron chi connectivity index (χ3n) is 3.85. The minimum atomic E-state index is -1.24. The molecule has 0 aliphatic carbocycles. The van der Waals surface area contributed by atoms with Crippen molar-refractivity contribution >= 4 is 5.91 Å². The molecule has 0 bridgehead atoms. The van der Waals surface area contributed by atoms with Crippen LogP contribution in [0, 0.1) is 0 Å². The Morgan fingerprint density at radius 3 is 1.79 bits per heavy atom. The minimum Gasteiger partial charge on any atom is -0.378 e. The van der Waals surface area contributed by atoms with Crippen LogP contribution >= 0.6 is 0 Å². The Balaban J connectivity index is 3.26. The Kier molecular flexibility index (Phi) is 19.8. The molecule has 8 nitrogen and oxygen atoms in total. The zero-order valence-corrected chi connectivity index (χ0v) is 18.5. The molecule has 0 saturated heterocycles. The van der Waals surface area contributed by atoms with Crippen LogP contribution in [0.1, 0.15) is 34.1 Å². The van der Waals surface area contributed by atoms with Gasteiger partial charge in [0.2, 0.25) is 5.91 Å². The summed E-state index contributed by atoms with van der Waals surface area (Å²) in [6.07, 6.45) is -1.50. The van der Waals surface area contributed by atoms with Crippen molar-refractivity contribution in [2.75, 3.05) is 72.6 Å². The van der Waals surface area contributed by atoms with Crippen molar-refractivity contribution in [1.82, 2.24) is 10.6 Å². The molecule has 0 aromatic rings. The van der Waals surface area contributed by atoms with Gasteiger partial charge >= 0.3 is 0 Å². The quantitative estimate of drug-likeness (QED) is 0.269. The fraction of sp³-hybridized carbons (Fsp3) is 0.950. The molecule has 0 rings (SSSR count). The summed E-state index contributed by atoms with van der Waals surface area (Å²) < 4.78 is 40.7. The smallest absolute Gasteiger partial charge is 0.219 e. The Hall–Kier alpha value is -0.840. The molecule has 0 radical (unpaired) electrons. The van der Waals surface area contributed by atoms with E-state index in [-0.39, 0.29) is 12.5 Å². The van der Waals surface area contributed by atoms with Gasteiger partial charge in [-0.2, -0.15) is 0 Å². The van der Waals surface area contributed by atoms with Crippen molar-refractivity contribution in [2.24, 2.45) is 0 Å². The molecule has 29 heavy (non-hydrogen) atoms. The molecule has 0 aliphatic heterocycles. The van der Waals surface area contributed by atoms with E-state index in [2.05, 4.69) is 24.5 Å². The highest BCUT2D eigenvalue weighted by molar-refractivity contribution is 5.75. The first-order chi connectivity index (χ1) is 14.0. The highest BCUT2D eigenvalue weighted by Crippen LogP contribution is 2.02. The molecule has 1 amide bonds. The molecule has 9 heteroatoms. The predicted octanol–water partition coefficient (Wildman–Crippen LogP) is 1.32. The second-order valence-corrected chi connectivity index (χ2v) is 6.81. The van der Waals surface area contributed by atoms with Gasteiger partial charge in [-0.15, -0.1) is 0 Å². The number of hydrogen-bond acceptors (Lipinski definition) is 7. The maximum Gasteiger partial charge on any atom is 0.219 e. The lowest BCUT2D eigenvalue weighted by Gasteiger charge is -2.18. The van der Waals surface area contributed by atoms with Crippen LogP contribution in [0.4, 0.5) is 4.39 Å². The van der Waals surface area contributed by atoms with Gasteiger partial charge in [-0.05, 0) is 6.92 Å². The lowest BCUT2D eigenvalue weighted by atomic mass is 10.2. The largest absolute Gasteiger partial charge is 0.378 e. The molecule has 2 atom stereocenters. The predicted molar refractivity (Wildman–Crippen MR) is 110 cm³/mol. The second-order valence-electron chi connectivity index (χ2n) is 6.81. The van der Waals surface area contributed by atoms with E-state index < -0.39 is 12.3 Å². The Labute approximate surface area is 175 Å². The van der Waals surface area contributed by atoms with Crippen molar-refractivity contribution < 1.29 is 32.9 Å². The summed E-state index contributed by atoms with van der Waals surface area (Å²) in [6, 6.07) is 0.473. The van der Waals surface area contributed by atoms with E-state index in [1.807, 2.05) is 0 Å². The van der Waals surface area contributed by atoms with Gasteiger partial charge in [0, 0.05) is 19.0 Å². The van der Waals surface area contributed by atoms with Gasteiger partial charge < -0.3 is 34.3 Å². The van der Waals surface area contributed by atoms with Crippen LogP contribution in [0.25, 0.3) is 0 Å². The number of carbonyl (C=O) groups excluding carboxylic acids is 1. The summed E-state index contributed by atoms with van der Waals surface area (Å²) in [5.74, 6) is -0.170. The average molecular weight is 425 g/mol. The van der Waals surface area contributed by atoms with Crippen LogP contribution in [0.15, 0.2) is 0 Å². The van der Waals surface area contributed by atoms with Gasteiger partial charge in [-0.3, -0.25) is 4.79 Å². The van der Waals surface area contributed by atoms with Gasteiger partial charge in [0.25, 0.3) is 0 Å². The molecular weight excluding hydrogens is 383 g/mol. The summed E-state index contributed by atoms with van der Waals surface area (Å²) in [5.41, 5.74) is 0. The second kappa shape index (κ2) is 20.4. The first kappa shape index (κ1) is 28.2. The highest BCUT2D eigenvalue weighted by Gasteiger charge is 2.17. The maximum atomic E-state index is 13.8. The number of alkyl halides is 1. The number of ether oxygens (including phenoxy) is 5. The zero-order valence-electron chi connectivity index (χ0n) is 18.5. The number of halogens is 1. The molecule has 0 spiro atoms. The van der Waals surface area contributed by atoms with Gasteiger partial charge in [0.15, 0.2) is 0 Å². The monoisotopic (exact) mass is 424 g/mol. The van der Waals surface area contributed by atoms with E-state index in [4.69, 9.17) is 23.7 Å². The molecular formula is C20H41FN2O6. The Morgan fingerprint density at radius 2 is 1.31 bits per heavy atom. The molecule has 174 valence electrons. The number of carbonyl (C=O) groups is 1. The number of nitrogens with one attached hydrogen (secondary N) is 2. The minimum absolute atomic E-state index is 0.0356. The normalized spacial score (nSPS) is 13.6. The fourth-order valence-corrected chi connectivity index (χ4v) is 2.08. The SMILES string of the molecule is CCC(=O)NCC(F)C(C)OCCOCCOCCOCCOCCNC(C)C. The van der Waals surface area contributed by atoms with Crippen molar-refractivity contribution in [2.45, 2.75) is 52.4 Å². The molecule has 0 heterocycles. The summed E-state index contributed by atoms with van der Waals surface area (Å²) in [6.45, 7) is 12.7. The van der Waals surface area contributed by atoms with Crippen molar-refractivity contribution in [1.29, 1.82) is 0 Å². The Bertz CT molecular complexity index is 377. The van der Waals surface area contributed by atoms with E-state index in [0.29, 0.717) is 71.9 Å². The highest BCUT2D eigenvalue weighted by atomic mass is 19.1. The van der Waals surface area contributed by atoms with Crippen LogP contribution in [0.2, 0.25) is 0 Å². The first-order valence-corrected chi connectivity index (χ1v) is 10.5. The van der Waals surface area contributed by atoms with Gasteiger partial charge in [-0.1, -0.05) is 20.8 Å². The maximum absolute atomic E-state index is 13.8. The van der Waals surface area contributed by atoms with Crippen LogP contribution in [0.5, 0.6) is 0 Å². The van der Waals surface area contributed by atoms with E-state index in [1.165, 1.54) is 0 Å². The molecule has 0 aromatic heterocycles. The molecule has 2 unspecified atom stereocenters. The fourth-order valence-electron chi connectivity index (χ4n) is 2.08. The number of rotatable bonds is 21. The molecule has 0 saturated carbocycles. The van der Waals surface area contributed by atoms with Crippen molar-refractivity contribution in [3.05, 3.63) is 0 Å². The van der Waals surface area contributed by atoms with Crippen LogP contribution in [-0.2, 0) is 28.5 Å². The number of amides is 1. The zero-order chi connectivity index (χ0) is 21.7. The lowest BCUT2D eigenvalue weighted by Crippen LogP contribution is -2.36. The summed E-state index contributed by atoms with van der Waals surface area (Å²) in [7, 11) is 0. The van der Waals surface area contributed by atoms with E-state index >= 15 is 0 Å². The van der Waals surface area contributed by atoms with Crippen molar-refractivity contribution in [3.8, 4) is 0 Å². The van der Waals surface area contributed by atoms with Gasteiger partial charge in [0.1, 0.15) is 6.17 Å². The summed E-state index contributed by atoms with van der Waals surface area (Å²) in [4.78, 5) is 11.1. The van der Waals surface area contributed by atoms with Gasteiger partial charge in [0.05, 0.1) is 72.1 Å². The van der Waals surface area contributed by atoms with Crippen LogP contribution in [-0.4, -0.2) is 96.8 Å². The van der Waals surface area contributed by atoms with Crippen LogP contribution in [0.3, 0.4) is 0 Å². The first-order valence-electron chi connectivity index (χ1n) is 10.5. The summed E-state index contributed by atoms with van der Waals surface area (Å²) >= 11 is 0. The molecule has 2 N–H and O–H groups in total. The van der Waals surface area contributed by atoms with Gasteiger partial charge in [-0.25, -0.2) is 4.39 Å². The third-order valence-corrected chi connectivity index (χ3v) is 3.85. The number of hydrogen-bond donors (Lipinski definition) is 2. The van der Waals surface area contributed by atoms with E-state index in [0.717, 1.165) is 6.54 Å². The van der Waals surface area contributed by atoms with E-state index in [9.17, 15) is 9.18 Å².